The average molecular weight is 331 g/mol. The molecule has 2 aliphatic rings. The van der Waals surface area contributed by atoms with E-state index in [1.807, 2.05) is 41.1 Å². The summed E-state index contributed by atoms with van der Waals surface area (Å²) in [4.78, 5) is 28.4. The van der Waals surface area contributed by atoms with Crippen LogP contribution >= 0.6 is 0 Å². The number of rotatable bonds is 2. The highest BCUT2D eigenvalue weighted by molar-refractivity contribution is 5.89. The molecule has 1 aromatic carbocycles. The van der Waals surface area contributed by atoms with E-state index < -0.39 is 0 Å². The number of nitrogens with one attached hydrogen (secondary N) is 1. The Morgan fingerprint density at radius 1 is 1.21 bits per heavy atom. The third kappa shape index (κ3) is 3.18. The summed E-state index contributed by atoms with van der Waals surface area (Å²) >= 11 is 0. The van der Waals surface area contributed by atoms with Crippen LogP contribution in [0.3, 0.4) is 0 Å². The van der Waals surface area contributed by atoms with Gasteiger partial charge in [0, 0.05) is 32.2 Å². The number of piperidine rings is 2. The Balaban J connectivity index is 1.67. The molecule has 0 aliphatic carbocycles. The predicted molar refractivity (Wildman–Crippen MR) is 92.2 cm³/mol. The number of likely N-dealkylation sites (tertiary alicyclic amines) is 2. The topological polar surface area (TPSA) is 61.9 Å². The van der Waals surface area contributed by atoms with Crippen LogP contribution in [0.2, 0.25) is 0 Å². The number of anilines is 1. The van der Waals surface area contributed by atoms with Gasteiger partial charge in [-0.2, -0.15) is 0 Å². The van der Waals surface area contributed by atoms with Gasteiger partial charge in [-0.05, 0) is 49.9 Å². The first-order valence-electron chi connectivity index (χ1n) is 8.51. The maximum Gasteiger partial charge on any atom is 0.321 e. The molecule has 0 bridgehead atoms. The first-order chi connectivity index (χ1) is 11.5. The minimum atomic E-state index is -0.190. The van der Waals surface area contributed by atoms with Crippen molar-refractivity contribution in [1.29, 1.82) is 0 Å². The average Bonchev–Trinajstić information content (AvgIpc) is 2.60. The number of hydrogen-bond acceptors (Lipinski definition) is 3. The van der Waals surface area contributed by atoms with Gasteiger partial charge in [0.1, 0.15) is 5.75 Å². The molecule has 1 N–H and O–H groups in total. The summed E-state index contributed by atoms with van der Waals surface area (Å²) in [6, 6.07) is 7.19. The standard InChI is InChI=1S/C18H25N3O3/c1-20-16(22)5-3-10-18(20)11-4-12-21(13-18)17(23)19-14-6-8-15(24-2)9-7-14/h6-9H,3-5,10-13H2,1-2H3,(H,19,23)/t18-/m1/s1. The number of urea groups is 1. The molecule has 1 spiro atoms. The molecular formula is C18H25N3O3. The molecular weight excluding hydrogens is 306 g/mol. The van der Waals surface area contributed by atoms with Gasteiger partial charge in [-0.3, -0.25) is 4.79 Å². The van der Waals surface area contributed by atoms with Gasteiger partial charge in [0.05, 0.1) is 12.6 Å². The fourth-order valence-electron chi connectivity index (χ4n) is 3.81. The molecule has 24 heavy (non-hydrogen) atoms. The molecule has 3 amide bonds. The first kappa shape index (κ1) is 16.6. The summed E-state index contributed by atoms with van der Waals surface area (Å²) in [7, 11) is 3.50. The number of amides is 3. The van der Waals surface area contributed by atoms with Gasteiger partial charge in [-0.25, -0.2) is 4.79 Å². The Morgan fingerprint density at radius 2 is 1.92 bits per heavy atom. The maximum atomic E-state index is 12.6. The van der Waals surface area contributed by atoms with Crippen molar-refractivity contribution >= 4 is 17.6 Å². The number of ether oxygens (including phenoxy) is 1. The number of carbonyl (C=O) groups is 2. The Kier molecular flexibility index (Phi) is 4.64. The largest absolute Gasteiger partial charge is 0.497 e. The van der Waals surface area contributed by atoms with Crippen LogP contribution in [-0.4, -0.2) is 54.5 Å². The van der Waals surface area contributed by atoms with Crippen molar-refractivity contribution in [3.8, 4) is 5.75 Å². The van der Waals surface area contributed by atoms with E-state index in [1.54, 1.807) is 7.11 Å². The van der Waals surface area contributed by atoms with E-state index in [1.165, 1.54) is 0 Å². The highest BCUT2D eigenvalue weighted by Gasteiger charge is 2.44. The minimum Gasteiger partial charge on any atom is -0.497 e. The fraction of sp³-hybridized carbons (Fsp3) is 0.556. The number of nitrogens with zero attached hydrogens (tertiary/aromatic N) is 2. The molecule has 130 valence electrons. The van der Waals surface area contributed by atoms with E-state index in [2.05, 4.69) is 5.32 Å². The predicted octanol–water partition coefficient (Wildman–Crippen LogP) is 2.70. The van der Waals surface area contributed by atoms with E-state index in [0.717, 1.165) is 43.7 Å². The van der Waals surface area contributed by atoms with Crippen LogP contribution in [0.25, 0.3) is 0 Å². The van der Waals surface area contributed by atoms with Crippen molar-refractivity contribution in [2.45, 2.75) is 37.6 Å². The highest BCUT2D eigenvalue weighted by Crippen LogP contribution is 2.35. The zero-order valence-electron chi connectivity index (χ0n) is 14.4. The minimum absolute atomic E-state index is 0.106. The zero-order valence-corrected chi connectivity index (χ0v) is 14.4. The Hall–Kier alpha value is -2.24. The SMILES string of the molecule is COc1ccc(NC(=O)N2CCC[C@]3(CCCC(=O)N3C)C2)cc1. The lowest BCUT2D eigenvalue weighted by Gasteiger charge is -2.50. The number of carbonyl (C=O) groups excluding carboxylic acids is 2. The molecule has 2 saturated heterocycles. The molecule has 0 unspecified atom stereocenters. The van der Waals surface area contributed by atoms with Crippen molar-refractivity contribution in [3.05, 3.63) is 24.3 Å². The van der Waals surface area contributed by atoms with Gasteiger partial charge < -0.3 is 19.9 Å². The highest BCUT2D eigenvalue weighted by atomic mass is 16.5. The van der Waals surface area contributed by atoms with E-state index in [0.29, 0.717) is 13.0 Å². The van der Waals surface area contributed by atoms with Gasteiger partial charge >= 0.3 is 6.03 Å². The molecule has 2 heterocycles. The zero-order chi connectivity index (χ0) is 17.2. The third-order valence-corrected chi connectivity index (χ3v) is 5.30. The molecule has 1 atom stereocenters. The summed E-state index contributed by atoms with van der Waals surface area (Å²) in [6.07, 6.45) is 4.41. The van der Waals surface area contributed by atoms with Gasteiger partial charge in [0.15, 0.2) is 0 Å². The van der Waals surface area contributed by atoms with Gasteiger partial charge in [-0.15, -0.1) is 0 Å². The monoisotopic (exact) mass is 331 g/mol. The van der Waals surface area contributed by atoms with Crippen molar-refractivity contribution in [3.63, 3.8) is 0 Å². The lowest BCUT2D eigenvalue weighted by atomic mass is 9.80. The summed E-state index contributed by atoms with van der Waals surface area (Å²) in [5.74, 6) is 0.950. The number of likely N-dealkylation sites (N-methyl/N-ethyl adjacent to an activating group) is 1. The van der Waals surface area contributed by atoms with Crippen LogP contribution in [0, 0.1) is 0 Å². The van der Waals surface area contributed by atoms with Gasteiger partial charge in [0.25, 0.3) is 0 Å². The third-order valence-electron chi connectivity index (χ3n) is 5.30. The van der Waals surface area contributed by atoms with Crippen molar-refractivity contribution in [2.75, 3.05) is 32.6 Å². The van der Waals surface area contributed by atoms with E-state index in [4.69, 9.17) is 4.74 Å². The number of methoxy groups -OCH3 is 1. The lowest BCUT2D eigenvalue weighted by molar-refractivity contribution is -0.142. The fourth-order valence-corrected chi connectivity index (χ4v) is 3.81. The number of hydrogen-bond donors (Lipinski definition) is 1. The second-order valence-electron chi connectivity index (χ2n) is 6.71. The normalized spacial score (nSPS) is 24.2. The summed E-state index contributed by atoms with van der Waals surface area (Å²) in [6.45, 7) is 1.34. The first-order valence-corrected chi connectivity index (χ1v) is 8.51. The van der Waals surface area contributed by atoms with Gasteiger partial charge in [0.2, 0.25) is 5.91 Å². The maximum absolute atomic E-state index is 12.6. The van der Waals surface area contributed by atoms with Gasteiger partial charge in [-0.1, -0.05) is 0 Å². The summed E-state index contributed by atoms with van der Waals surface area (Å²) in [5.41, 5.74) is 0.554. The van der Waals surface area contributed by atoms with Crippen molar-refractivity contribution in [1.82, 2.24) is 9.80 Å². The molecule has 0 aromatic heterocycles. The van der Waals surface area contributed by atoms with E-state index >= 15 is 0 Å². The Morgan fingerprint density at radius 3 is 2.62 bits per heavy atom. The van der Waals surface area contributed by atoms with E-state index in [9.17, 15) is 9.59 Å². The smallest absolute Gasteiger partial charge is 0.321 e. The van der Waals surface area contributed by atoms with Crippen LogP contribution in [0.4, 0.5) is 10.5 Å². The summed E-state index contributed by atoms with van der Waals surface area (Å²) in [5, 5.41) is 2.94. The van der Waals surface area contributed by atoms with Crippen molar-refractivity contribution in [2.24, 2.45) is 0 Å². The molecule has 6 nitrogen and oxygen atoms in total. The molecule has 2 fully saturated rings. The molecule has 6 heteroatoms. The quantitative estimate of drug-likeness (QED) is 0.906. The molecule has 0 saturated carbocycles. The second kappa shape index (κ2) is 6.71. The van der Waals surface area contributed by atoms with Crippen molar-refractivity contribution < 1.29 is 14.3 Å². The second-order valence-corrected chi connectivity index (χ2v) is 6.71. The van der Waals surface area contributed by atoms with Crippen LogP contribution in [0.1, 0.15) is 32.1 Å². The van der Waals surface area contributed by atoms with Crippen LogP contribution < -0.4 is 10.1 Å². The molecule has 0 radical (unpaired) electrons. The van der Waals surface area contributed by atoms with Crippen LogP contribution in [0.15, 0.2) is 24.3 Å². The lowest BCUT2D eigenvalue weighted by Crippen LogP contribution is -2.62. The Labute approximate surface area is 142 Å². The number of benzene rings is 1. The van der Waals surface area contributed by atoms with E-state index in [-0.39, 0.29) is 17.5 Å². The molecule has 1 aromatic rings. The van der Waals surface area contributed by atoms with Crippen LogP contribution in [-0.2, 0) is 4.79 Å². The Bertz CT molecular complexity index is 612. The summed E-state index contributed by atoms with van der Waals surface area (Å²) < 4.78 is 5.13. The van der Waals surface area contributed by atoms with Crippen LogP contribution in [0.5, 0.6) is 5.75 Å². The molecule has 2 aliphatic heterocycles. The molecule has 3 rings (SSSR count).